The van der Waals surface area contributed by atoms with Gasteiger partial charge in [0.25, 0.3) is 10.0 Å². The molecule has 11 heteroatoms. The molecule has 0 spiro atoms. The number of hydrogen-bond acceptors (Lipinski definition) is 6. The number of H-pyrrole nitrogens is 1. The standard InChI is InChI=1S/C17H18ClN5O2S2.C12H21N/c1-22(2)6-5-11-10-19-14-4-3-12(9-13(11)14)21-27(24,25)16-15(18)20-17-23(16)7-8-26-17;1-10-3-9-4-11(2,6-10)8-12(13,5-9)7-10/h3-4,7-10,19,21H,5-6H2,1-2H3;9H,3-8,13H2,1-2H3/t;9?,10-,11+,12?. The number of halogens is 1. The number of anilines is 1. The molecule has 0 radical (unpaired) electrons. The van der Waals surface area contributed by atoms with Crippen LogP contribution in [0.3, 0.4) is 0 Å². The van der Waals surface area contributed by atoms with Gasteiger partial charge in [-0.1, -0.05) is 25.4 Å². The molecule has 8 nitrogen and oxygen atoms in total. The highest BCUT2D eigenvalue weighted by molar-refractivity contribution is 7.92. The Hall–Kier alpha value is -2.11. The number of aromatic amines is 1. The average molecular weight is 603 g/mol. The second-order valence-electron chi connectivity index (χ2n) is 13.5. The number of imidazole rings is 1. The predicted molar refractivity (Wildman–Crippen MR) is 164 cm³/mol. The molecule has 40 heavy (non-hydrogen) atoms. The van der Waals surface area contributed by atoms with E-state index in [0.29, 0.717) is 21.5 Å². The second kappa shape index (κ2) is 9.73. The van der Waals surface area contributed by atoms with E-state index in [1.807, 2.05) is 32.4 Å². The number of aromatic nitrogens is 3. The van der Waals surface area contributed by atoms with Crippen LogP contribution in [0.5, 0.6) is 0 Å². The molecular weight excluding hydrogens is 564 g/mol. The maximum absolute atomic E-state index is 12.9. The third-order valence-corrected chi connectivity index (χ3v) is 11.5. The van der Waals surface area contributed by atoms with Crippen molar-refractivity contribution in [1.29, 1.82) is 0 Å². The van der Waals surface area contributed by atoms with Gasteiger partial charge in [0.2, 0.25) is 0 Å². The topological polar surface area (TPSA) is 109 Å². The molecule has 216 valence electrons. The Balaban J connectivity index is 0.000000184. The largest absolute Gasteiger partial charge is 0.361 e. The Bertz CT molecular complexity index is 1620. The Morgan fingerprint density at radius 3 is 2.58 bits per heavy atom. The molecule has 4 aliphatic carbocycles. The highest BCUT2D eigenvalue weighted by Gasteiger charge is 2.58. The third-order valence-electron chi connectivity index (χ3n) is 8.95. The van der Waals surface area contributed by atoms with Gasteiger partial charge in [0.15, 0.2) is 15.1 Å². The van der Waals surface area contributed by atoms with Crippen LogP contribution in [0.2, 0.25) is 5.15 Å². The highest BCUT2D eigenvalue weighted by atomic mass is 35.5. The molecule has 4 aromatic rings. The SMILES string of the molecule is CN(C)CCc1c[nH]c2ccc(NS(=O)(=O)c3c(Cl)nc4sccn34)cc12.C[C@]12CC3CC(N)(C1)C[C@@](C)(C3)C2. The fraction of sp³-hybridized carbons (Fsp3) is 0.552. The van der Waals surface area contributed by atoms with Crippen molar-refractivity contribution in [2.75, 3.05) is 25.4 Å². The Morgan fingerprint density at radius 2 is 1.93 bits per heavy atom. The van der Waals surface area contributed by atoms with Crippen LogP contribution < -0.4 is 10.5 Å². The van der Waals surface area contributed by atoms with E-state index in [1.165, 1.54) is 54.3 Å². The molecule has 4 N–H and O–H groups in total. The van der Waals surface area contributed by atoms with Crippen LogP contribution in [-0.2, 0) is 16.4 Å². The van der Waals surface area contributed by atoms with E-state index >= 15 is 0 Å². The first kappa shape index (κ1) is 28.0. The van der Waals surface area contributed by atoms with Gasteiger partial charge in [0.05, 0.1) is 0 Å². The molecule has 4 atom stereocenters. The molecule has 4 aliphatic rings. The first-order valence-corrected chi connectivity index (χ1v) is 16.7. The normalized spacial score (nSPS) is 29.3. The number of likely N-dealkylation sites (N-methyl/N-ethyl adjacent to an activating group) is 1. The van der Waals surface area contributed by atoms with E-state index in [-0.39, 0.29) is 15.7 Å². The minimum atomic E-state index is -3.88. The summed E-state index contributed by atoms with van der Waals surface area (Å²) >= 11 is 7.40. The number of hydrogen-bond donors (Lipinski definition) is 3. The van der Waals surface area contributed by atoms with E-state index in [9.17, 15) is 8.42 Å². The van der Waals surface area contributed by atoms with Crippen LogP contribution in [0, 0.1) is 16.7 Å². The smallest absolute Gasteiger partial charge is 0.281 e. The zero-order valence-corrected chi connectivity index (χ0v) is 26.0. The van der Waals surface area contributed by atoms with Gasteiger partial charge in [-0.15, -0.1) is 11.3 Å². The van der Waals surface area contributed by atoms with E-state index in [0.717, 1.165) is 35.3 Å². The molecule has 4 saturated carbocycles. The lowest BCUT2D eigenvalue weighted by atomic mass is 9.43. The summed E-state index contributed by atoms with van der Waals surface area (Å²) in [6.07, 6.45) is 12.7. The van der Waals surface area contributed by atoms with Crippen LogP contribution in [0.15, 0.2) is 41.0 Å². The van der Waals surface area contributed by atoms with Crippen molar-refractivity contribution in [3.63, 3.8) is 0 Å². The molecule has 0 saturated heterocycles. The van der Waals surface area contributed by atoms with Crippen molar-refractivity contribution in [3.8, 4) is 0 Å². The monoisotopic (exact) mass is 602 g/mol. The van der Waals surface area contributed by atoms with E-state index in [4.69, 9.17) is 17.3 Å². The molecule has 8 rings (SSSR count). The van der Waals surface area contributed by atoms with Gasteiger partial charge in [0, 0.05) is 46.4 Å². The third kappa shape index (κ3) is 5.29. The predicted octanol–water partition coefficient (Wildman–Crippen LogP) is 6.13. The maximum Gasteiger partial charge on any atom is 0.281 e. The maximum atomic E-state index is 12.9. The lowest BCUT2D eigenvalue weighted by molar-refractivity contribution is -0.104. The van der Waals surface area contributed by atoms with E-state index in [2.05, 4.69) is 33.4 Å². The number of fused-ring (bicyclic) bond motifs is 2. The lowest BCUT2D eigenvalue weighted by Crippen LogP contribution is -2.62. The van der Waals surface area contributed by atoms with Crippen LogP contribution in [-0.4, -0.2) is 53.9 Å². The van der Waals surface area contributed by atoms with Crippen molar-refractivity contribution < 1.29 is 8.42 Å². The van der Waals surface area contributed by atoms with Crippen LogP contribution in [0.1, 0.15) is 57.9 Å². The van der Waals surface area contributed by atoms with Gasteiger partial charge in [-0.2, -0.15) is 8.42 Å². The van der Waals surface area contributed by atoms with Gasteiger partial charge >= 0.3 is 0 Å². The molecule has 3 aromatic heterocycles. The number of nitrogens with zero attached hydrogens (tertiary/aromatic N) is 3. The highest BCUT2D eigenvalue weighted by Crippen LogP contribution is 2.65. The Kier molecular flexibility index (Phi) is 6.82. The van der Waals surface area contributed by atoms with Crippen LogP contribution in [0.25, 0.3) is 15.9 Å². The Morgan fingerprint density at radius 1 is 1.20 bits per heavy atom. The van der Waals surface area contributed by atoms with Crippen molar-refractivity contribution in [2.45, 2.75) is 69.4 Å². The summed E-state index contributed by atoms with van der Waals surface area (Å²) in [6, 6.07) is 5.44. The molecular formula is C29H39ClN6O2S2. The fourth-order valence-corrected chi connectivity index (χ4v) is 11.0. The summed E-state index contributed by atoms with van der Waals surface area (Å²) in [5, 5.41) is 2.67. The first-order valence-electron chi connectivity index (χ1n) is 13.9. The number of benzene rings is 1. The number of sulfonamides is 1. The van der Waals surface area contributed by atoms with E-state index in [1.54, 1.807) is 17.6 Å². The molecule has 2 unspecified atom stereocenters. The van der Waals surface area contributed by atoms with Gasteiger partial charge in [0.1, 0.15) is 0 Å². The summed E-state index contributed by atoms with van der Waals surface area (Å²) in [7, 11) is 0.165. The van der Waals surface area contributed by atoms with Crippen molar-refractivity contribution in [3.05, 3.63) is 46.7 Å². The summed E-state index contributed by atoms with van der Waals surface area (Å²) in [6.45, 7) is 5.85. The lowest BCUT2D eigenvalue weighted by Gasteiger charge is -2.64. The quantitative estimate of drug-likeness (QED) is 0.246. The van der Waals surface area contributed by atoms with Gasteiger partial charge < -0.3 is 15.6 Å². The number of nitrogens with two attached hydrogens (primary N) is 1. The molecule has 4 fully saturated rings. The summed E-state index contributed by atoms with van der Waals surface area (Å²) in [5.74, 6) is 0.955. The molecule has 0 aliphatic heterocycles. The van der Waals surface area contributed by atoms with Crippen molar-refractivity contribution >= 4 is 54.5 Å². The summed E-state index contributed by atoms with van der Waals surface area (Å²) in [5.41, 5.74) is 10.5. The van der Waals surface area contributed by atoms with E-state index < -0.39 is 10.0 Å². The van der Waals surface area contributed by atoms with Crippen molar-refractivity contribution in [2.24, 2.45) is 22.5 Å². The zero-order chi connectivity index (χ0) is 28.5. The average Bonchev–Trinajstić information content (AvgIpc) is 3.48. The molecule has 4 bridgehead atoms. The molecule has 0 amide bonds. The molecule has 3 heterocycles. The van der Waals surface area contributed by atoms with Crippen LogP contribution in [0.4, 0.5) is 5.69 Å². The fourth-order valence-electron chi connectivity index (χ4n) is 8.51. The van der Waals surface area contributed by atoms with Gasteiger partial charge in [-0.25, -0.2) is 4.98 Å². The second-order valence-corrected chi connectivity index (χ2v) is 16.3. The van der Waals surface area contributed by atoms with Gasteiger partial charge in [-0.05, 0) is 99.6 Å². The number of thiazole rings is 1. The summed E-state index contributed by atoms with van der Waals surface area (Å²) in [4.78, 5) is 9.97. The van der Waals surface area contributed by atoms with Crippen LogP contribution >= 0.6 is 22.9 Å². The zero-order valence-electron chi connectivity index (χ0n) is 23.6. The van der Waals surface area contributed by atoms with Gasteiger partial charge in [-0.3, -0.25) is 9.12 Å². The minimum Gasteiger partial charge on any atom is -0.361 e. The minimum absolute atomic E-state index is 0.0382. The Labute approximate surface area is 245 Å². The van der Waals surface area contributed by atoms with Crippen molar-refractivity contribution in [1.82, 2.24) is 19.3 Å². The first-order chi connectivity index (χ1) is 18.8. The summed E-state index contributed by atoms with van der Waals surface area (Å²) < 4.78 is 29.9. The molecule has 1 aromatic carbocycles. The number of rotatable bonds is 6. The number of nitrogens with one attached hydrogen (secondary N) is 2.